The highest BCUT2D eigenvalue weighted by Crippen LogP contribution is 2.23. The van der Waals surface area contributed by atoms with Crippen molar-refractivity contribution < 1.29 is 17.6 Å². The Balaban J connectivity index is 1.86. The minimum Gasteiger partial charge on any atom is -0.339 e. The van der Waals surface area contributed by atoms with Gasteiger partial charge in [-0.3, -0.25) is 4.79 Å². The molecule has 1 atom stereocenters. The Morgan fingerprint density at radius 1 is 1.10 bits per heavy atom. The van der Waals surface area contributed by atoms with E-state index in [2.05, 4.69) is 4.72 Å². The van der Waals surface area contributed by atoms with Crippen molar-refractivity contribution in [2.45, 2.75) is 23.9 Å². The smallest absolute Gasteiger partial charge is 0.244 e. The van der Waals surface area contributed by atoms with Crippen LogP contribution in [0.25, 0.3) is 0 Å². The number of likely N-dealkylation sites (N-methyl/N-ethyl adjacent to an activating group) is 1. The molecular weight excluding hydrogens is 447 g/mol. The van der Waals surface area contributed by atoms with Crippen LogP contribution in [0.2, 0.25) is 4.34 Å². The number of carbonyl (C=O) groups excluding carboxylic acids is 1. The fraction of sp³-hybridized carbons (Fsp3) is 0.190. The SMILES string of the molecule is CN(Cc1ccc(Cl)s1)C(=O)C(Cc1ccccc1)NS(=O)(=O)c1ccccc1F. The molecule has 0 saturated heterocycles. The highest BCUT2D eigenvalue weighted by molar-refractivity contribution is 7.89. The number of hydrogen-bond donors (Lipinski definition) is 1. The first-order valence-corrected chi connectivity index (χ1v) is 11.7. The fourth-order valence-corrected chi connectivity index (χ4v) is 5.37. The van der Waals surface area contributed by atoms with Crippen molar-refractivity contribution >= 4 is 38.9 Å². The number of amides is 1. The molecular formula is C21H20ClFN2O3S2. The van der Waals surface area contributed by atoms with Gasteiger partial charge < -0.3 is 4.90 Å². The zero-order valence-electron chi connectivity index (χ0n) is 16.1. The highest BCUT2D eigenvalue weighted by Gasteiger charge is 2.29. The first-order valence-electron chi connectivity index (χ1n) is 9.06. The number of carbonyl (C=O) groups is 1. The number of benzene rings is 2. The average Bonchev–Trinajstić information content (AvgIpc) is 3.12. The molecule has 0 spiro atoms. The van der Waals surface area contributed by atoms with E-state index in [-0.39, 0.29) is 13.0 Å². The summed E-state index contributed by atoms with van der Waals surface area (Å²) < 4.78 is 42.7. The summed E-state index contributed by atoms with van der Waals surface area (Å²) in [4.78, 5) is 14.9. The maximum absolute atomic E-state index is 14.1. The van der Waals surface area contributed by atoms with Gasteiger partial charge in [0.2, 0.25) is 15.9 Å². The Morgan fingerprint density at radius 3 is 2.40 bits per heavy atom. The molecule has 0 aliphatic heterocycles. The minimum absolute atomic E-state index is 0.128. The van der Waals surface area contributed by atoms with E-state index in [1.807, 2.05) is 12.1 Å². The van der Waals surface area contributed by atoms with Gasteiger partial charge in [0.25, 0.3) is 0 Å². The monoisotopic (exact) mass is 466 g/mol. The van der Waals surface area contributed by atoms with Gasteiger partial charge in [0, 0.05) is 11.9 Å². The maximum atomic E-state index is 14.1. The molecule has 0 bridgehead atoms. The lowest BCUT2D eigenvalue weighted by molar-refractivity contribution is -0.132. The van der Waals surface area contributed by atoms with Crippen LogP contribution in [0.3, 0.4) is 0 Å². The fourth-order valence-electron chi connectivity index (χ4n) is 2.96. The summed E-state index contributed by atoms with van der Waals surface area (Å²) >= 11 is 7.30. The van der Waals surface area contributed by atoms with Crippen LogP contribution < -0.4 is 4.72 Å². The minimum atomic E-state index is -4.25. The summed E-state index contributed by atoms with van der Waals surface area (Å²) in [6.45, 7) is 0.281. The summed E-state index contributed by atoms with van der Waals surface area (Å²) in [6.07, 6.45) is 0.128. The number of rotatable bonds is 8. The van der Waals surface area contributed by atoms with E-state index in [0.717, 1.165) is 16.5 Å². The molecule has 2 aromatic carbocycles. The van der Waals surface area contributed by atoms with Crippen LogP contribution >= 0.6 is 22.9 Å². The van der Waals surface area contributed by atoms with Gasteiger partial charge in [0.1, 0.15) is 16.8 Å². The second-order valence-corrected chi connectivity index (χ2v) is 10.2. The lowest BCUT2D eigenvalue weighted by Crippen LogP contribution is -2.48. The Bertz CT molecular complexity index is 1120. The van der Waals surface area contributed by atoms with Crippen LogP contribution in [0.5, 0.6) is 0 Å². The van der Waals surface area contributed by atoms with Crippen LogP contribution in [0.15, 0.2) is 71.6 Å². The third-order valence-electron chi connectivity index (χ3n) is 4.40. The molecule has 3 rings (SSSR count). The number of thiophene rings is 1. The van der Waals surface area contributed by atoms with E-state index in [1.54, 1.807) is 37.4 Å². The van der Waals surface area contributed by atoms with Crippen LogP contribution in [0, 0.1) is 5.82 Å². The predicted molar refractivity (Wildman–Crippen MR) is 116 cm³/mol. The standard InChI is InChI=1S/C21H20ClFN2O3S2/c1-25(14-16-11-12-20(22)29-16)21(26)18(13-15-7-3-2-4-8-15)24-30(27,28)19-10-6-5-9-17(19)23/h2-12,18,24H,13-14H2,1H3. The molecule has 1 aromatic heterocycles. The first kappa shape index (κ1) is 22.4. The van der Waals surface area contributed by atoms with Gasteiger partial charge in [-0.25, -0.2) is 12.8 Å². The molecule has 0 saturated carbocycles. The molecule has 3 aromatic rings. The van der Waals surface area contributed by atoms with E-state index in [0.29, 0.717) is 4.34 Å². The molecule has 158 valence electrons. The number of nitrogens with one attached hydrogen (secondary N) is 1. The maximum Gasteiger partial charge on any atom is 0.244 e. The molecule has 5 nitrogen and oxygen atoms in total. The molecule has 1 N–H and O–H groups in total. The zero-order valence-corrected chi connectivity index (χ0v) is 18.5. The van der Waals surface area contributed by atoms with Gasteiger partial charge in [-0.05, 0) is 36.2 Å². The van der Waals surface area contributed by atoms with Gasteiger partial charge in [-0.2, -0.15) is 4.72 Å². The summed E-state index contributed by atoms with van der Waals surface area (Å²) in [5.41, 5.74) is 0.777. The summed E-state index contributed by atoms with van der Waals surface area (Å²) in [5.74, 6) is -1.30. The zero-order chi connectivity index (χ0) is 21.7. The topological polar surface area (TPSA) is 66.5 Å². The van der Waals surface area contributed by atoms with Crippen LogP contribution in [0.1, 0.15) is 10.4 Å². The third-order valence-corrected chi connectivity index (χ3v) is 7.12. The van der Waals surface area contributed by atoms with Gasteiger partial charge in [0.05, 0.1) is 10.9 Å². The Hall–Kier alpha value is -2.26. The molecule has 0 fully saturated rings. The van der Waals surface area contributed by atoms with Crippen LogP contribution in [0.4, 0.5) is 4.39 Å². The summed E-state index contributed by atoms with van der Waals surface area (Å²) in [5, 5.41) is 0. The third kappa shape index (κ3) is 5.66. The largest absolute Gasteiger partial charge is 0.339 e. The normalized spacial score (nSPS) is 12.5. The lowest BCUT2D eigenvalue weighted by atomic mass is 10.1. The van der Waals surface area contributed by atoms with Gasteiger partial charge >= 0.3 is 0 Å². The van der Waals surface area contributed by atoms with E-state index < -0.39 is 32.7 Å². The van der Waals surface area contributed by atoms with Crippen LogP contribution in [-0.2, 0) is 27.8 Å². The van der Waals surface area contributed by atoms with Gasteiger partial charge in [0.15, 0.2) is 0 Å². The Morgan fingerprint density at radius 2 is 1.77 bits per heavy atom. The number of sulfonamides is 1. The summed E-state index contributed by atoms with van der Waals surface area (Å²) in [7, 11) is -2.66. The van der Waals surface area contributed by atoms with Crippen molar-refractivity contribution in [1.29, 1.82) is 0 Å². The molecule has 1 unspecified atom stereocenters. The van der Waals surface area contributed by atoms with Gasteiger partial charge in [-0.1, -0.05) is 54.1 Å². The average molecular weight is 467 g/mol. The second kappa shape index (κ2) is 9.70. The van der Waals surface area contributed by atoms with Crippen molar-refractivity contribution in [3.05, 3.63) is 87.3 Å². The van der Waals surface area contributed by atoms with Crippen molar-refractivity contribution in [3.63, 3.8) is 0 Å². The molecule has 30 heavy (non-hydrogen) atoms. The second-order valence-electron chi connectivity index (χ2n) is 6.69. The van der Waals surface area contributed by atoms with E-state index in [9.17, 15) is 17.6 Å². The molecule has 1 amide bonds. The Kier molecular flexibility index (Phi) is 7.25. The van der Waals surface area contributed by atoms with E-state index >= 15 is 0 Å². The quantitative estimate of drug-likeness (QED) is 0.543. The molecule has 0 aliphatic rings. The molecule has 0 aliphatic carbocycles. The van der Waals surface area contributed by atoms with Gasteiger partial charge in [-0.15, -0.1) is 11.3 Å². The Labute approximate surface area is 184 Å². The lowest BCUT2D eigenvalue weighted by Gasteiger charge is -2.24. The number of halogens is 2. The predicted octanol–water partition coefficient (Wildman–Crippen LogP) is 4.09. The van der Waals surface area contributed by atoms with E-state index in [4.69, 9.17) is 11.6 Å². The molecule has 0 radical (unpaired) electrons. The van der Waals surface area contributed by atoms with E-state index in [1.165, 1.54) is 34.4 Å². The highest BCUT2D eigenvalue weighted by atomic mass is 35.5. The van der Waals surface area contributed by atoms with Crippen molar-refractivity contribution in [1.82, 2.24) is 9.62 Å². The van der Waals surface area contributed by atoms with Crippen molar-refractivity contribution in [2.24, 2.45) is 0 Å². The summed E-state index contributed by atoms with van der Waals surface area (Å²) in [6, 6.07) is 16.6. The first-order chi connectivity index (χ1) is 14.3. The number of nitrogens with zero attached hydrogens (tertiary/aromatic N) is 1. The van der Waals surface area contributed by atoms with Crippen molar-refractivity contribution in [2.75, 3.05) is 7.05 Å². The van der Waals surface area contributed by atoms with Crippen molar-refractivity contribution in [3.8, 4) is 0 Å². The number of hydrogen-bond acceptors (Lipinski definition) is 4. The molecule has 1 heterocycles. The molecule has 9 heteroatoms. The van der Waals surface area contributed by atoms with Crippen LogP contribution in [-0.4, -0.2) is 32.3 Å².